The molecule has 19 heavy (non-hydrogen) atoms. The number of halogens is 1. The lowest BCUT2D eigenvalue weighted by Crippen LogP contribution is -2.30. The van der Waals surface area contributed by atoms with E-state index in [4.69, 9.17) is 5.73 Å². The first-order valence-corrected chi connectivity index (χ1v) is 6.87. The minimum atomic E-state index is 0.144. The van der Waals surface area contributed by atoms with E-state index in [9.17, 15) is 0 Å². The lowest BCUT2D eigenvalue weighted by molar-refractivity contribution is 0.241. The predicted molar refractivity (Wildman–Crippen MR) is 78.4 cm³/mol. The Morgan fingerprint density at radius 2 is 2.21 bits per heavy atom. The van der Waals surface area contributed by atoms with E-state index in [-0.39, 0.29) is 6.04 Å². The standard InChI is InChI=1S/C13H18BrN5/c1-18(8-10-5-17-19(2)9-10)13(4-15)11-3-12(14)7-16-6-11/h3,5-7,9,13H,4,8,15H2,1-2H3. The zero-order valence-electron chi connectivity index (χ0n) is 11.1. The highest BCUT2D eigenvalue weighted by molar-refractivity contribution is 9.10. The molecule has 6 heteroatoms. The monoisotopic (exact) mass is 323 g/mol. The maximum Gasteiger partial charge on any atom is 0.0534 e. The van der Waals surface area contributed by atoms with Gasteiger partial charge in [-0.1, -0.05) is 0 Å². The lowest BCUT2D eigenvalue weighted by Gasteiger charge is -2.26. The summed E-state index contributed by atoms with van der Waals surface area (Å²) in [5.74, 6) is 0. The lowest BCUT2D eigenvalue weighted by atomic mass is 10.1. The number of aromatic nitrogens is 3. The molecule has 2 rings (SSSR count). The highest BCUT2D eigenvalue weighted by Gasteiger charge is 2.16. The molecule has 0 aliphatic heterocycles. The van der Waals surface area contributed by atoms with Gasteiger partial charge in [-0.25, -0.2) is 0 Å². The Kier molecular flexibility index (Phi) is 4.68. The van der Waals surface area contributed by atoms with Gasteiger partial charge in [0, 0.05) is 54.8 Å². The number of nitrogens with zero attached hydrogens (tertiary/aromatic N) is 4. The van der Waals surface area contributed by atoms with E-state index in [2.05, 4.69) is 44.0 Å². The normalized spacial score (nSPS) is 12.9. The first-order valence-electron chi connectivity index (χ1n) is 6.08. The van der Waals surface area contributed by atoms with Crippen molar-refractivity contribution in [3.8, 4) is 0 Å². The average molecular weight is 324 g/mol. The molecule has 0 amide bonds. The van der Waals surface area contributed by atoms with Crippen LogP contribution in [0.3, 0.4) is 0 Å². The fourth-order valence-corrected chi connectivity index (χ4v) is 2.52. The van der Waals surface area contributed by atoms with E-state index in [1.54, 1.807) is 10.9 Å². The summed E-state index contributed by atoms with van der Waals surface area (Å²) in [5.41, 5.74) is 8.20. The van der Waals surface area contributed by atoms with Crippen molar-refractivity contribution in [3.05, 3.63) is 46.5 Å². The van der Waals surface area contributed by atoms with E-state index in [1.165, 1.54) is 5.56 Å². The molecule has 0 fully saturated rings. The third kappa shape index (κ3) is 3.62. The molecule has 0 spiro atoms. The van der Waals surface area contributed by atoms with Crippen LogP contribution in [0.4, 0.5) is 0 Å². The van der Waals surface area contributed by atoms with Gasteiger partial charge in [-0.3, -0.25) is 14.6 Å². The SMILES string of the molecule is CN(Cc1cnn(C)c1)C(CN)c1cncc(Br)c1. The molecule has 0 saturated heterocycles. The van der Waals surface area contributed by atoms with E-state index in [1.807, 2.05) is 25.6 Å². The molecule has 2 aromatic heterocycles. The van der Waals surface area contributed by atoms with Gasteiger partial charge in [-0.05, 0) is 34.6 Å². The van der Waals surface area contributed by atoms with Crippen molar-refractivity contribution >= 4 is 15.9 Å². The molecular formula is C13H18BrN5. The quantitative estimate of drug-likeness (QED) is 0.910. The molecule has 0 aromatic carbocycles. The van der Waals surface area contributed by atoms with Gasteiger partial charge < -0.3 is 5.73 Å². The topological polar surface area (TPSA) is 60.0 Å². The first kappa shape index (κ1) is 14.2. The number of pyridine rings is 1. The van der Waals surface area contributed by atoms with Gasteiger partial charge in [0.15, 0.2) is 0 Å². The van der Waals surface area contributed by atoms with E-state index >= 15 is 0 Å². The van der Waals surface area contributed by atoms with Crippen molar-refractivity contribution < 1.29 is 0 Å². The molecule has 5 nitrogen and oxygen atoms in total. The number of hydrogen-bond acceptors (Lipinski definition) is 4. The van der Waals surface area contributed by atoms with Crippen LogP contribution >= 0.6 is 15.9 Å². The molecule has 0 aliphatic carbocycles. The summed E-state index contributed by atoms with van der Waals surface area (Å²) >= 11 is 3.44. The van der Waals surface area contributed by atoms with E-state index in [0.717, 1.165) is 16.6 Å². The van der Waals surface area contributed by atoms with Crippen LogP contribution in [0.15, 0.2) is 35.3 Å². The van der Waals surface area contributed by atoms with Gasteiger partial charge in [-0.15, -0.1) is 0 Å². The molecule has 0 aliphatic rings. The van der Waals surface area contributed by atoms with Gasteiger partial charge in [0.25, 0.3) is 0 Å². The fraction of sp³-hybridized carbons (Fsp3) is 0.385. The Hall–Kier alpha value is -1.24. The molecule has 0 radical (unpaired) electrons. The van der Waals surface area contributed by atoms with Crippen LogP contribution < -0.4 is 5.73 Å². The van der Waals surface area contributed by atoms with Crippen LogP contribution in [0, 0.1) is 0 Å². The van der Waals surface area contributed by atoms with Crippen molar-refractivity contribution in [1.82, 2.24) is 19.7 Å². The van der Waals surface area contributed by atoms with Crippen molar-refractivity contribution in [2.45, 2.75) is 12.6 Å². The molecular weight excluding hydrogens is 306 g/mol. The Balaban J connectivity index is 2.12. The highest BCUT2D eigenvalue weighted by Crippen LogP contribution is 2.22. The van der Waals surface area contributed by atoms with Gasteiger partial charge in [0.2, 0.25) is 0 Å². The molecule has 1 unspecified atom stereocenters. The molecule has 2 N–H and O–H groups in total. The Bertz CT molecular complexity index is 539. The van der Waals surface area contributed by atoms with Crippen LogP contribution in [0.2, 0.25) is 0 Å². The second-order valence-corrected chi connectivity index (χ2v) is 5.54. The van der Waals surface area contributed by atoms with Gasteiger partial charge >= 0.3 is 0 Å². The van der Waals surface area contributed by atoms with Gasteiger partial charge in [0.05, 0.1) is 6.20 Å². The Labute approximate surface area is 121 Å². The van der Waals surface area contributed by atoms with E-state index in [0.29, 0.717) is 6.54 Å². The summed E-state index contributed by atoms with van der Waals surface area (Å²) in [6.07, 6.45) is 7.53. The maximum absolute atomic E-state index is 5.91. The molecule has 0 saturated carbocycles. The van der Waals surface area contributed by atoms with Gasteiger partial charge in [0.1, 0.15) is 0 Å². The van der Waals surface area contributed by atoms with E-state index < -0.39 is 0 Å². The summed E-state index contributed by atoms with van der Waals surface area (Å²) in [6, 6.07) is 2.20. The van der Waals surface area contributed by atoms with Crippen LogP contribution in [-0.2, 0) is 13.6 Å². The highest BCUT2D eigenvalue weighted by atomic mass is 79.9. The van der Waals surface area contributed by atoms with Crippen LogP contribution in [0.5, 0.6) is 0 Å². The third-order valence-corrected chi connectivity index (χ3v) is 3.49. The Morgan fingerprint density at radius 1 is 1.42 bits per heavy atom. The van der Waals surface area contributed by atoms with Crippen LogP contribution in [-0.4, -0.2) is 33.3 Å². The summed E-state index contributed by atoms with van der Waals surface area (Å²) in [5, 5.41) is 4.18. The second kappa shape index (κ2) is 6.27. The summed E-state index contributed by atoms with van der Waals surface area (Å²) < 4.78 is 2.78. The van der Waals surface area contributed by atoms with Crippen LogP contribution in [0.25, 0.3) is 0 Å². The summed E-state index contributed by atoms with van der Waals surface area (Å²) in [7, 11) is 3.98. The Morgan fingerprint density at radius 3 is 2.79 bits per heavy atom. The van der Waals surface area contributed by atoms with Crippen molar-refractivity contribution in [3.63, 3.8) is 0 Å². The number of rotatable bonds is 5. The van der Waals surface area contributed by atoms with Crippen molar-refractivity contribution in [2.75, 3.05) is 13.6 Å². The number of hydrogen-bond donors (Lipinski definition) is 1. The second-order valence-electron chi connectivity index (χ2n) is 4.63. The summed E-state index contributed by atoms with van der Waals surface area (Å²) in [4.78, 5) is 6.41. The summed E-state index contributed by atoms with van der Waals surface area (Å²) in [6.45, 7) is 1.36. The molecule has 102 valence electrons. The van der Waals surface area contributed by atoms with Crippen molar-refractivity contribution in [2.24, 2.45) is 12.8 Å². The largest absolute Gasteiger partial charge is 0.329 e. The molecule has 2 heterocycles. The molecule has 1 atom stereocenters. The number of likely N-dealkylation sites (N-methyl/N-ethyl adjacent to an activating group) is 1. The van der Waals surface area contributed by atoms with Gasteiger partial charge in [-0.2, -0.15) is 5.10 Å². The zero-order chi connectivity index (χ0) is 13.8. The molecule has 0 bridgehead atoms. The minimum absolute atomic E-state index is 0.144. The maximum atomic E-state index is 5.91. The average Bonchev–Trinajstić information content (AvgIpc) is 2.75. The number of aryl methyl sites for hydroxylation is 1. The number of nitrogens with two attached hydrogens (primary N) is 1. The minimum Gasteiger partial charge on any atom is -0.329 e. The third-order valence-electron chi connectivity index (χ3n) is 3.06. The molecule has 2 aromatic rings. The fourth-order valence-electron chi connectivity index (χ4n) is 2.13. The first-order chi connectivity index (χ1) is 9.10. The van der Waals surface area contributed by atoms with Crippen molar-refractivity contribution in [1.29, 1.82) is 0 Å². The smallest absolute Gasteiger partial charge is 0.0534 e. The zero-order valence-corrected chi connectivity index (χ0v) is 12.7. The predicted octanol–water partition coefficient (Wildman–Crippen LogP) is 1.71. The van der Waals surface area contributed by atoms with Crippen LogP contribution in [0.1, 0.15) is 17.2 Å².